The molecule has 1 heterocycles. The quantitative estimate of drug-likeness (QED) is 0.639. The molecule has 1 fully saturated rings. The zero-order valence-electron chi connectivity index (χ0n) is 18.0. The molecule has 162 valence electrons. The van der Waals surface area contributed by atoms with Gasteiger partial charge in [-0.15, -0.1) is 0 Å². The normalized spacial score (nSPS) is 16.4. The second-order valence-electron chi connectivity index (χ2n) is 6.55. The lowest BCUT2D eigenvalue weighted by Crippen LogP contribution is -2.35. The first-order chi connectivity index (χ1) is 13.8. The largest absolute Gasteiger partial charge is 0.462 e. The first-order valence-electron chi connectivity index (χ1n) is 10.2. The fourth-order valence-electron chi connectivity index (χ4n) is 2.65. The van der Waals surface area contributed by atoms with E-state index in [2.05, 4.69) is 5.32 Å². The van der Waals surface area contributed by atoms with Crippen molar-refractivity contribution in [1.82, 2.24) is 0 Å². The summed E-state index contributed by atoms with van der Waals surface area (Å²) < 4.78 is 10.4. The van der Waals surface area contributed by atoms with Crippen molar-refractivity contribution in [3.63, 3.8) is 0 Å². The second-order valence-corrected chi connectivity index (χ2v) is 6.55. The second kappa shape index (κ2) is 12.1. The van der Waals surface area contributed by atoms with E-state index < -0.39 is 18.2 Å². The third-order valence-electron chi connectivity index (χ3n) is 4.31. The van der Waals surface area contributed by atoms with E-state index in [0.29, 0.717) is 37.2 Å². The number of amides is 2. The standard InChI is InChI=1S/C19H27N3O5.C2H6/c1-4-6-17(23)26-11-14-10-22(19(25)27-14)13-7-8-16(12(3)9-13)21-18(24)15(20)5-2;1-2/h7-9,14-15H,4-6,10-11,20H2,1-3H3,(H,21,24);1-2H3/t14-,15?;/m1./s1. The van der Waals surface area contributed by atoms with Gasteiger partial charge in [-0.3, -0.25) is 14.5 Å². The Hall–Kier alpha value is -2.61. The summed E-state index contributed by atoms with van der Waals surface area (Å²) in [6.07, 6.45) is 0.614. The summed E-state index contributed by atoms with van der Waals surface area (Å²) in [6, 6.07) is 4.69. The molecule has 3 N–H and O–H groups in total. The van der Waals surface area contributed by atoms with Crippen LogP contribution in [-0.4, -0.2) is 43.3 Å². The minimum Gasteiger partial charge on any atom is -0.462 e. The lowest BCUT2D eigenvalue weighted by Gasteiger charge is -2.17. The molecule has 1 aliphatic rings. The fraction of sp³-hybridized carbons (Fsp3) is 0.571. The molecule has 2 rings (SSSR count). The summed E-state index contributed by atoms with van der Waals surface area (Å²) in [5.74, 6) is -0.545. The Morgan fingerprint density at radius 2 is 2.03 bits per heavy atom. The molecular weight excluding hydrogens is 374 g/mol. The molecule has 0 spiro atoms. The monoisotopic (exact) mass is 407 g/mol. The third kappa shape index (κ3) is 7.05. The maximum atomic E-state index is 12.1. The van der Waals surface area contributed by atoms with Crippen LogP contribution < -0.4 is 16.0 Å². The average molecular weight is 408 g/mol. The molecule has 1 aromatic rings. The number of rotatable bonds is 8. The van der Waals surface area contributed by atoms with E-state index >= 15 is 0 Å². The van der Waals surface area contributed by atoms with Crippen LogP contribution >= 0.6 is 0 Å². The smallest absolute Gasteiger partial charge is 0.414 e. The van der Waals surface area contributed by atoms with Crippen molar-refractivity contribution in [3.05, 3.63) is 23.8 Å². The number of anilines is 2. The van der Waals surface area contributed by atoms with Crippen molar-refractivity contribution in [1.29, 1.82) is 0 Å². The maximum Gasteiger partial charge on any atom is 0.414 e. The number of nitrogens with zero attached hydrogens (tertiary/aromatic N) is 1. The zero-order valence-corrected chi connectivity index (χ0v) is 18.0. The molecular formula is C21H33N3O5. The van der Waals surface area contributed by atoms with Gasteiger partial charge in [0.15, 0.2) is 6.10 Å². The number of esters is 1. The van der Waals surface area contributed by atoms with Crippen LogP contribution in [0.15, 0.2) is 18.2 Å². The third-order valence-corrected chi connectivity index (χ3v) is 4.31. The summed E-state index contributed by atoms with van der Waals surface area (Å²) in [5.41, 5.74) is 7.82. The first kappa shape index (κ1) is 24.4. The number of hydrogen-bond donors (Lipinski definition) is 2. The summed E-state index contributed by atoms with van der Waals surface area (Å²) in [5, 5.41) is 2.79. The highest BCUT2D eigenvalue weighted by molar-refractivity contribution is 5.96. The molecule has 0 bridgehead atoms. The van der Waals surface area contributed by atoms with Gasteiger partial charge in [0.05, 0.1) is 12.6 Å². The summed E-state index contributed by atoms with van der Waals surface area (Å²) in [6.45, 7) is 9.91. The van der Waals surface area contributed by atoms with Crippen LogP contribution in [0.2, 0.25) is 0 Å². The van der Waals surface area contributed by atoms with Gasteiger partial charge >= 0.3 is 12.1 Å². The fourth-order valence-corrected chi connectivity index (χ4v) is 2.65. The van der Waals surface area contributed by atoms with Crippen LogP contribution in [0.5, 0.6) is 0 Å². The van der Waals surface area contributed by atoms with E-state index in [4.69, 9.17) is 15.2 Å². The van der Waals surface area contributed by atoms with E-state index in [1.807, 2.05) is 34.6 Å². The Morgan fingerprint density at radius 3 is 2.62 bits per heavy atom. The zero-order chi connectivity index (χ0) is 22.0. The predicted molar refractivity (Wildman–Crippen MR) is 113 cm³/mol. The Kier molecular flexibility index (Phi) is 10.2. The Bertz CT molecular complexity index is 708. The van der Waals surface area contributed by atoms with Crippen molar-refractivity contribution in [2.24, 2.45) is 5.73 Å². The van der Waals surface area contributed by atoms with Crippen molar-refractivity contribution in [2.45, 2.75) is 66.0 Å². The first-order valence-corrected chi connectivity index (χ1v) is 10.2. The van der Waals surface area contributed by atoms with Crippen LogP contribution in [0.3, 0.4) is 0 Å². The van der Waals surface area contributed by atoms with E-state index in [-0.39, 0.29) is 18.5 Å². The van der Waals surface area contributed by atoms with Gasteiger partial charge in [0.2, 0.25) is 5.91 Å². The van der Waals surface area contributed by atoms with Crippen molar-refractivity contribution in [2.75, 3.05) is 23.4 Å². The predicted octanol–water partition coefficient (Wildman–Crippen LogP) is 3.37. The molecule has 29 heavy (non-hydrogen) atoms. The van der Waals surface area contributed by atoms with Gasteiger partial charge in [-0.05, 0) is 43.5 Å². The minimum absolute atomic E-state index is 0.0447. The number of nitrogens with one attached hydrogen (secondary N) is 1. The lowest BCUT2D eigenvalue weighted by atomic mass is 10.1. The lowest BCUT2D eigenvalue weighted by molar-refractivity contribution is -0.146. The van der Waals surface area contributed by atoms with E-state index in [9.17, 15) is 14.4 Å². The molecule has 1 aliphatic heterocycles. The minimum atomic E-state index is -0.561. The van der Waals surface area contributed by atoms with Gasteiger partial charge < -0.3 is 20.5 Å². The molecule has 0 radical (unpaired) electrons. The average Bonchev–Trinajstić information content (AvgIpc) is 3.09. The Balaban J connectivity index is 0.00000204. The summed E-state index contributed by atoms with van der Waals surface area (Å²) in [7, 11) is 0. The van der Waals surface area contributed by atoms with Gasteiger partial charge in [-0.2, -0.15) is 0 Å². The Morgan fingerprint density at radius 1 is 1.34 bits per heavy atom. The van der Waals surface area contributed by atoms with Gasteiger partial charge in [0.1, 0.15) is 6.61 Å². The number of cyclic esters (lactones) is 1. The maximum absolute atomic E-state index is 12.1. The number of hydrogen-bond acceptors (Lipinski definition) is 6. The summed E-state index contributed by atoms with van der Waals surface area (Å²) >= 11 is 0. The number of carbonyl (C=O) groups is 3. The summed E-state index contributed by atoms with van der Waals surface area (Å²) in [4.78, 5) is 37.0. The van der Waals surface area contributed by atoms with Crippen LogP contribution in [0.1, 0.15) is 52.5 Å². The van der Waals surface area contributed by atoms with E-state index in [1.165, 1.54) is 4.90 Å². The Labute approximate surface area is 172 Å². The molecule has 2 amide bonds. The van der Waals surface area contributed by atoms with Crippen LogP contribution in [0.25, 0.3) is 0 Å². The van der Waals surface area contributed by atoms with Gasteiger partial charge in [0.25, 0.3) is 0 Å². The van der Waals surface area contributed by atoms with Crippen molar-refractivity contribution in [3.8, 4) is 0 Å². The molecule has 1 aromatic carbocycles. The molecule has 0 saturated carbocycles. The van der Waals surface area contributed by atoms with E-state index in [1.54, 1.807) is 18.2 Å². The van der Waals surface area contributed by atoms with Crippen LogP contribution in [0.4, 0.5) is 16.2 Å². The molecule has 2 atom stereocenters. The highest BCUT2D eigenvalue weighted by Gasteiger charge is 2.33. The van der Waals surface area contributed by atoms with Gasteiger partial charge in [0, 0.05) is 17.8 Å². The molecule has 1 saturated heterocycles. The van der Waals surface area contributed by atoms with Crippen LogP contribution in [-0.2, 0) is 19.1 Å². The number of nitrogens with two attached hydrogens (primary N) is 1. The molecule has 8 heteroatoms. The molecule has 1 unspecified atom stereocenters. The van der Waals surface area contributed by atoms with Gasteiger partial charge in [-0.1, -0.05) is 27.7 Å². The topological polar surface area (TPSA) is 111 Å². The molecule has 0 aromatic heterocycles. The van der Waals surface area contributed by atoms with Crippen molar-refractivity contribution < 1.29 is 23.9 Å². The highest BCUT2D eigenvalue weighted by atomic mass is 16.6. The molecule has 0 aliphatic carbocycles. The number of ether oxygens (including phenoxy) is 2. The molecule has 8 nitrogen and oxygen atoms in total. The van der Waals surface area contributed by atoms with E-state index in [0.717, 1.165) is 5.56 Å². The van der Waals surface area contributed by atoms with Crippen molar-refractivity contribution >= 4 is 29.3 Å². The number of aryl methyl sites for hydroxylation is 1. The highest BCUT2D eigenvalue weighted by Crippen LogP contribution is 2.26. The van der Waals surface area contributed by atoms with Gasteiger partial charge in [-0.25, -0.2) is 4.79 Å². The SMILES string of the molecule is CC.CCCC(=O)OC[C@H]1CN(c2ccc(NC(=O)C(N)CC)c(C)c2)C(=O)O1. The van der Waals surface area contributed by atoms with Crippen LogP contribution in [0, 0.1) is 6.92 Å². The number of carbonyl (C=O) groups excluding carboxylic acids is 3. The number of benzene rings is 1.